The van der Waals surface area contributed by atoms with Gasteiger partial charge in [0.1, 0.15) is 134 Å². The van der Waals surface area contributed by atoms with Crippen molar-refractivity contribution >= 4 is 11.9 Å². The smallest absolute Gasteiger partial charge is 0.335 e. The Morgan fingerprint density at radius 2 is 0.908 bits per heavy atom. The van der Waals surface area contributed by atoms with Gasteiger partial charge in [-0.05, 0) is 109 Å². The zero-order valence-electron chi connectivity index (χ0n) is 55.9. The molecule has 4 saturated carbocycles. The zero-order chi connectivity index (χ0) is 71.6. The second-order valence-corrected chi connectivity index (χ2v) is 31.5. The molecule has 6 aliphatic heterocycles. The van der Waals surface area contributed by atoms with Crippen molar-refractivity contribution in [1.29, 1.82) is 0 Å². The lowest BCUT2D eigenvalue weighted by atomic mass is 9.33. The summed E-state index contributed by atoms with van der Waals surface area (Å²) in [6.07, 6.45) is -45.3. The quantitative estimate of drug-likeness (QED) is 0.0346. The number of carboxylic acid groups (broad SMARTS) is 1. The van der Waals surface area contributed by atoms with E-state index in [0.717, 1.165) is 5.57 Å². The van der Waals surface area contributed by atoms with E-state index in [9.17, 15) is 102 Å². The SMILES string of the molecule is CC1(C)CC[C@]2(C(=O)O[C@@H]3O[C@H](CO[C@@H]4O[C@H](CO)[C@@H](O)[C@H](O)[C@H]4O)[C@@H](O)[C@H](O)[C@H]3O)CC[C@]3(C)C(=CCC4[C@@]5(C)CC[C@H](O[C@@H]6O[C@H](C(=O)O)[C@@H](O[C@@H]7O[C@H](CO)[C@@H](O)[C@@H]7O)[C@H](O)[C@H]6O[C@@H]6O[C@H](CO[C@@H]7O[C@H](CO)[C@@H](O)[C@H](O)[C@H]7O)[C@@H](O)[C@H](O)[C@H]6O)C(C)(C)C5CC[C@]43C)C2C1. The Kier molecular flexibility index (Phi) is 22.5. The number of hydrogen-bond acceptors (Lipinski definition) is 32. The molecule has 10 fully saturated rings. The first-order chi connectivity index (χ1) is 45.9. The Labute approximate surface area is 565 Å². The molecule has 6 saturated heterocycles. The monoisotopic (exact) mass is 1410 g/mol. The third-order valence-electron chi connectivity index (χ3n) is 25.2. The van der Waals surface area contributed by atoms with Crippen molar-refractivity contribution in [2.24, 2.45) is 50.2 Å². The molecule has 0 bridgehead atoms. The van der Waals surface area contributed by atoms with Gasteiger partial charge in [0.15, 0.2) is 37.6 Å². The van der Waals surface area contributed by atoms with Gasteiger partial charge in [0.2, 0.25) is 6.29 Å². The number of allylic oxidation sites excluding steroid dienone is 2. The molecule has 0 aromatic rings. The Hall–Kier alpha value is -2.48. The highest BCUT2D eigenvalue weighted by Crippen LogP contribution is 2.76. The zero-order valence-corrected chi connectivity index (χ0v) is 55.9. The van der Waals surface area contributed by atoms with Gasteiger partial charge in [-0.2, -0.15) is 0 Å². The van der Waals surface area contributed by atoms with Crippen LogP contribution in [-0.2, 0) is 66.4 Å². The van der Waals surface area contributed by atoms with Crippen LogP contribution in [0.2, 0.25) is 0 Å². The molecule has 19 N–H and O–H groups in total. The highest BCUT2D eigenvalue weighted by atomic mass is 16.8. The van der Waals surface area contributed by atoms with Crippen molar-refractivity contribution in [3.8, 4) is 0 Å². The number of ether oxygens (including phenoxy) is 12. The first-order valence-corrected chi connectivity index (χ1v) is 34.3. The van der Waals surface area contributed by atoms with E-state index < -0.39 is 251 Å². The van der Waals surface area contributed by atoms with Crippen LogP contribution in [-0.4, -0.2) is 326 Å². The minimum absolute atomic E-state index is 0.0409. The van der Waals surface area contributed by atoms with Crippen LogP contribution in [0.4, 0.5) is 0 Å². The van der Waals surface area contributed by atoms with Gasteiger partial charge in [0.05, 0.1) is 44.6 Å². The van der Waals surface area contributed by atoms with E-state index >= 15 is 4.79 Å². The standard InChI is InChI=1S/C65H104O33/c1-60(2)14-16-65(59(86)98-57-47(82)42(77)38(73)30(93-57)23-88-54-45(80)40(75)35(70)27(20-67)90-54)17-15-63(6)24(25(65)18-60)8-9-32-62(5)12-11-33(61(3,4)31(62)10-13-64(32,63)7)94-58-50(48(83)49(51(97-58)52(84)85)95-55-43(78)36(71)28(21-68)91-55)96-56-46(81)41(76)37(72)29(92-56)22-87-53-44(79)39(74)34(69)26(19-66)89-53/h8,25-51,53-58,66-83H,9-23H2,1-7H3,(H,84,85)/t25?,26-,27-,28-,29-,30-,31?,32?,33+,34-,35-,36-,37-,38-,39+,40+,41+,42+,43+,44-,45-,46-,47-,48+,49+,50-,51+,53-,54-,55+,56+,57+,58-,62+,63-,64-,65+/m1/s1. The van der Waals surface area contributed by atoms with Crippen LogP contribution in [0.25, 0.3) is 0 Å². The van der Waals surface area contributed by atoms with Gasteiger partial charge in [0, 0.05) is 0 Å². The predicted octanol–water partition coefficient (Wildman–Crippen LogP) is -5.66. The van der Waals surface area contributed by atoms with Crippen molar-refractivity contribution < 1.29 is 163 Å². The van der Waals surface area contributed by atoms with Crippen molar-refractivity contribution in [3.05, 3.63) is 11.6 Å². The van der Waals surface area contributed by atoms with Gasteiger partial charge in [-0.3, -0.25) is 4.79 Å². The number of hydrogen-bond donors (Lipinski definition) is 19. The van der Waals surface area contributed by atoms with Gasteiger partial charge in [-0.25, -0.2) is 4.79 Å². The summed E-state index contributed by atoms with van der Waals surface area (Å²) in [4.78, 5) is 28.5. The summed E-state index contributed by atoms with van der Waals surface area (Å²) < 4.78 is 71.1. The van der Waals surface area contributed by atoms with Gasteiger partial charge >= 0.3 is 11.9 Å². The number of aliphatic hydroxyl groups excluding tert-OH is 18. The molecular formula is C65H104O33. The maximum absolute atomic E-state index is 15.2. The number of carboxylic acids is 1. The summed E-state index contributed by atoms with van der Waals surface area (Å²) in [6, 6.07) is 0. The molecule has 0 radical (unpaired) electrons. The maximum atomic E-state index is 15.2. The van der Waals surface area contributed by atoms with Gasteiger partial charge in [-0.1, -0.05) is 60.1 Å². The van der Waals surface area contributed by atoms with E-state index in [0.29, 0.717) is 64.2 Å². The van der Waals surface area contributed by atoms with Gasteiger partial charge in [0.25, 0.3) is 0 Å². The maximum Gasteiger partial charge on any atom is 0.335 e. The van der Waals surface area contributed by atoms with E-state index in [1.54, 1.807) is 0 Å². The molecule has 33 heteroatoms. The average Bonchev–Trinajstić information content (AvgIpc) is 0.718. The summed E-state index contributed by atoms with van der Waals surface area (Å²) in [7, 11) is 0. The number of rotatable bonds is 18. The van der Waals surface area contributed by atoms with E-state index in [1.807, 2.05) is 13.8 Å². The number of aliphatic hydroxyl groups is 18. The van der Waals surface area contributed by atoms with Crippen LogP contribution in [0.15, 0.2) is 11.6 Å². The van der Waals surface area contributed by atoms with E-state index in [1.165, 1.54) is 0 Å². The summed E-state index contributed by atoms with van der Waals surface area (Å²) >= 11 is 0. The van der Waals surface area contributed by atoms with E-state index in [2.05, 4.69) is 40.7 Å². The lowest BCUT2D eigenvalue weighted by Crippen LogP contribution is -2.68. The molecule has 11 rings (SSSR count). The third-order valence-corrected chi connectivity index (χ3v) is 25.2. The molecule has 37 atom stereocenters. The Bertz CT molecular complexity index is 2800. The van der Waals surface area contributed by atoms with E-state index in [-0.39, 0.29) is 28.6 Å². The Morgan fingerprint density at radius 1 is 0.459 bits per heavy atom. The Morgan fingerprint density at radius 3 is 1.44 bits per heavy atom. The molecule has 562 valence electrons. The number of esters is 1. The Balaban J connectivity index is 0.828. The van der Waals surface area contributed by atoms with Gasteiger partial charge < -0.3 is 154 Å². The second kappa shape index (κ2) is 28.8. The molecule has 11 aliphatic rings. The third kappa shape index (κ3) is 13.2. The first-order valence-electron chi connectivity index (χ1n) is 34.3. The molecule has 5 aliphatic carbocycles. The largest absolute Gasteiger partial charge is 0.479 e. The molecule has 98 heavy (non-hydrogen) atoms. The lowest BCUT2D eigenvalue weighted by molar-refractivity contribution is -0.385. The molecule has 6 heterocycles. The van der Waals surface area contributed by atoms with Crippen LogP contribution in [0, 0.1) is 50.2 Å². The minimum atomic E-state index is -2.16. The van der Waals surface area contributed by atoms with Crippen LogP contribution in [0.3, 0.4) is 0 Å². The van der Waals surface area contributed by atoms with Crippen molar-refractivity contribution in [2.75, 3.05) is 33.0 Å². The average molecular weight is 1410 g/mol. The molecule has 0 aromatic carbocycles. The van der Waals surface area contributed by atoms with Crippen LogP contribution >= 0.6 is 0 Å². The number of aliphatic carboxylic acids is 1. The summed E-state index contributed by atoms with van der Waals surface area (Å²) in [6.45, 7) is 11.6. The number of carbonyl (C=O) groups is 2. The highest BCUT2D eigenvalue weighted by molar-refractivity contribution is 5.79. The minimum Gasteiger partial charge on any atom is -0.479 e. The fourth-order valence-corrected chi connectivity index (χ4v) is 19.0. The fourth-order valence-electron chi connectivity index (χ4n) is 19.0. The second-order valence-electron chi connectivity index (χ2n) is 31.5. The summed E-state index contributed by atoms with van der Waals surface area (Å²) in [5.41, 5.74) is -2.24. The van der Waals surface area contributed by atoms with E-state index in [4.69, 9.17) is 56.8 Å². The summed E-state index contributed by atoms with van der Waals surface area (Å²) in [5, 5.41) is 204. The molecule has 0 amide bonds. The van der Waals surface area contributed by atoms with Gasteiger partial charge in [-0.15, -0.1) is 0 Å². The molecule has 33 nitrogen and oxygen atoms in total. The van der Waals surface area contributed by atoms with Crippen LogP contribution in [0.1, 0.15) is 113 Å². The molecular weight excluding hydrogens is 1310 g/mol. The lowest BCUT2D eigenvalue weighted by Gasteiger charge is -2.71. The number of fused-ring (bicyclic) bond motifs is 7. The normalized spacial score (nSPS) is 53.1. The topological polar surface area (TPSA) is 529 Å². The van der Waals surface area contributed by atoms with Crippen LogP contribution < -0.4 is 0 Å². The highest BCUT2D eigenvalue weighted by Gasteiger charge is 2.71. The summed E-state index contributed by atoms with van der Waals surface area (Å²) in [5.74, 6) is -2.74. The van der Waals surface area contributed by atoms with Crippen molar-refractivity contribution in [1.82, 2.24) is 0 Å². The predicted molar refractivity (Wildman–Crippen MR) is 323 cm³/mol. The first kappa shape index (κ1) is 76.6. The fraction of sp³-hybridized carbons (Fsp3) is 0.938. The van der Waals surface area contributed by atoms with Crippen LogP contribution in [0.5, 0.6) is 0 Å². The number of carbonyl (C=O) groups excluding carboxylic acids is 1. The molecule has 3 unspecified atom stereocenters. The van der Waals surface area contributed by atoms with Crippen molar-refractivity contribution in [3.63, 3.8) is 0 Å². The molecule has 0 aromatic heterocycles. The molecule has 0 spiro atoms. The van der Waals surface area contributed by atoms with Crippen molar-refractivity contribution in [2.45, 2.75) is 297 Å².